The van der Waals surface area contributed by atoms with Gasteiger partial charge >= 0.3 is 12.2 Å². The highest BCUT2D eigenvalue weighted by molar-refractivity contribution is 5.90. The number of carbonyl (C=O) groups is 2. The first-order valence-corrected chi connectivity index (χ1v) is 12.9. The van der Waals surface area contributed by atoms with Gasteiger partial charge in [0.15, 0.2) is 0 Å². The molecular formula is C28H32F3N3O2. The largest absolute Gasteiger partial charge is 0.418 e. The topological polar surface area (TPSA) is 61.4 Å². The highest BCUT2D eigenvalue weighted by Crippen LogP contribution is 2.52. The van der Waals surface area contributed by atoms with E-state index in [0.717, 1.165) is 56.7 Å². The molecule has 2 N–H and O–H groups in total. The van der Waals surface area contributed by atoms with E-state index in [-0.39, 0.29) is 35.0 Å². The molecule has 3 amide bonds. The summed E-state index contributed by atoms with van der Waals surface area (Å²) >= 11 is 0. The molecule has 1 saturated carbocycles. The number of para-hydroxylation sites is 1. The fourth-order valence-electron chi connectivity index (χ4n) is 7.01. The smallest absolute Gasteiger partial charge is 0.337 e. The van der Waals surface area contributed by atoms with E-state index >= 15 is 0 Å². The van der Waals surface area contributed by atoms with Crippen LogP contribution in [-0.2, 0) is 17.4 Å². The van der Waals surface area contributed by atoms with Crippen molar-refractivity contribution in [2.45, 2.75) is 69.1 Å². The van der Waals surface area contributed by atoms with Crippen LogP contribution in [0.5, 0.6) is 0 Å². The summed E-state index contributed by atoms with van der Waals surface area (Å²) in [4.78, 5) is 28.1. The highest BCUT2D eigenvalue weighted by Gasteiger charge is 2.56. The molecule has 1 aliphatic carbocycles. The summed E-state index contributed by atoms with van der Waals surface area (Å²) in [6, 6.07) is 14.3. The third kappa shape index (κ3) is 4.70. The lowest BCUT2D eigenvalue weighted by atomic mass is 9.61. The standard InChI is InChI=1S/C28H32F3N3O2/c29-28(30,31)22-10-4-5-12-24(22)33-26(36)32-23-14-16-27-15-7-17-34(27)25(35)13-6-11-21(27)20(23)18-19-8-2-1-3-9-19/h1-5,8-10,12,20-21,23H,6-7,11,13-18H2,(H2,32,33,36)/t20?,21-,23-,27+/m0/s1. The zero-order valence-electron chi connectivity index (χ0n) is 20.2. The molecule has 0 bridgehead atoms. The third-order valence-corrected chi connectivity index (χ3v) is 8.46. The number of amides is 3. The predicted octanol–water partition coefficient (Wildman–Crippen LogP) is 6.01. The zero-order valence-corrected chi connectivity index (χ0v) is 20.2. The Labute approximate surface area is 209 Å². The van der Waals surface area contributed by atoms with Crippen LogP contribution in [-0.4, -0.2) is 35.0 Å². The quantitative estimate of drug-likeness (QED) is 0.541. The average Bonchev–Trinajstić information content (AvgIpc) is 3.21. The summed E-state index contributed by atoms with van der Waals surface area (Å²) in [5.74, 6) is 0.547. The Hall–Kier alpha value is -3.03. The molecule has 2 aromatic carbocycles. The first-order valence-electron chi connectivity index (χ1n) is 12.9. The monoisotopic (exact) mass is 499 g/mol. The zero-order chi connectivity index (χ0) is 25.3. The lowest BCUT2D eigenvalue weighted by Crippen LogP contribution is -2.61. The van der Waals surface area contributed by atoms with E-state index in [1.165, 1.54) is 18.2 Å². The van der Waals surface area contributed by atoms with E-state index in [1.54, 1.807) is 0 Å². The van der Waals surface area contributed by atoms with Crippen molar-refractivity contribution in [1.82, 2.24) is 10.2 Å². The summed E-state index contributed by atoms with van der Waals surface area (Å²) in [5, 5.41) is 5.49. The Balaban J connectivity index is 1.41. The fourth-order valence-corrected chi connectivity index (χ4v) is 7.01. The summed E-state index contributed by atoms with van der Waals surface area (Å²) < 4.78 is 40.3. The molecule has 8 heteroatoms. The number of hydrogen-bond acceptors (Lipinski definition) is 2. The molecule has 4 atom stereocenters. The number of rotatable bonds is 4. The van der Waals surface area contributed by atoms with Crippen molar-refractivity contribution in [1.29, 1.82) is 0 Å². The van der Waals surface area contributed by atoms with Gasteiger partial charge in [-0.3, -0.25) is 4.79 Å². The van der Waals surface area contributed by atoms with Crippen LogP contribution in [0.15, 0.2) is 54.6 Å². The molecule has 2 heterocycles. The minimum atomic E-state index is -4.56. The van der Waals surface area contributed by atoms with Crippen molar-refractivity contribution in [3.8, 4) is 0 Å². The maximum Gasteiger partial charge on any atom is 0.418 e. The van der Waals surface area contributed by atoms with Crippen LogP contribution >= 0.6 is 0 Å². The number of nitrogens with one attached hydrogen (secondary N) is 2. The molecule has 2 aromatic rings. The second-order valence-electron chi connectivity index (χ2n) is 10.4. The Kier molecular flexibility index (Phi) is 6.70. The van der Waals surface area contributed by atoms with Gasteiger partial charge in [0.05, 0.1) is 11.3 Å². The molecule has 3 fully saturated rings. The normalized spacial score (nSPS) is 28.1. The number of halogens is 3. The molecule has 2 aliphatic heterocycles. The van der Waals surface area contributed by atoms with Crippen molar-refractivity contribution >= 4 is 17.6 Å². The number of urea groups is 1. The summed E-state index contributed by atoms with van der Waals surface area (Å²) in [5.41, 5.74) is -0.136. The van der Waals surface area contributed by atoms with Crippen LogP contribution in [0.1, 0.15) is 56.1 Å². The molecule has 2 saturated heterocycles. The van der Waals surface area contributed by atoms with Crippen LogP contribution in [0.3, 0.4) is 0 Å². The van der Waals surface area contributed by atoms with Crippen LogP contribution in [0, 0.1) is 11.8 Å². The molecule has 3 aliphatic rings. The minimum Gasteiger partial charge on any atom is -0.337 e. The first-order chi connectivity index (χ1) is 17.3. The maximum atomic E-state index is 13.4. The first kappa shape index (κ1) is 24.7. The second-order valence-corrected chi connectivity index (χ2v) is 10.4. The van der Waals surface area contributed by atoms with E-state index in [2.05, 4.69) is 27.7 Å². The summed E-state index contributed by atoms with van der Waals surface area (Å²) in [6.07, 6.45) is 1.95. The van der Waals surface area contributed by atoms with Crippen LogP contribution in [0.25, 0.3) is 0 Å². The molecule has 36 heavy (non-hydrogen) atoms. The van der Waals surface area contributed by atoms with Gasteiger partial charge in [-0.2, -0.15) is 13.2 Å². The number of carbonyl (C=O) groups excluding carboxylic acids is 2. The van der Waals surface area contributed by atoms with Gasteiger partial charge in [-0.15, -0.1) is 0 Å². The maximum absolute atomic E-state index is 13.4. The molecule has 0 aromatic heterocycles. The molecular weight excluding hydrogens is 467 g/mol. The van der Waals surface area contributed by atoms with Gasteiger partial charge < -0.3 is 15.5 Å². The lowest BCUT2D eigenvalue weighted by molar-refractivity contribution is -0.138. The third-order valence-electron chi connectivity index (χ3n) is 8.46. The van der Waals surface area contributed by atoms with Gasteiger partial charge in [0, 0.05) is 24.5 Å². The van der Waals surface area contributed by atoms with Gasteiger partial charge in [-0.1, -0.05) is 42.5 Å². The van der Waals surface area contributed by atoms with E-state index in [1.807, 2.05) is 18.2 Å². The number of hydrogen-bond donors (Lipinski definition) is 2. The molecule has 1 unspecified atom stereocenters. The molecule has 5 rings (SSSR count). The highest BCUT2D eigenvalue weighted by atomic mass is 19.4. The molecule has 192 valence electrons. The van der Waals surface area contributed by atoms with Crippen molar-refractivity contribution in [3.63, 3.8) is 0 Å². The van der Waals surface area contributed by atoms with E-state index < -0.39 is 17.8 Å². The van der Waals surface area contributed by atoms with E-state index in [4.69, 9.17) is 0 Å². The average molecular weight is 500 g/mol. The lowest BCUT2D eigenvalue weighted by Gasteiger charge is -2.53. The Morgan fingerprint density at radius 2 is 1.75 bits per heavy atom. The van der Waals surface area contributed by atoms with Crippen molar-refractivity contribution in [2.24, 2.45) is 11.8 Å². The van der Waals surface area contributed by atoms with Crippen LogP contribution in [0.2, 0.25) is 0 Å². The number of anilines is 1. The number of nitrogens with zero attached hydrogens (tertiary/aromatic N) is 1. The second kappa shape index (κ2) is 9.79. The van der Waals surface area contributed by atoms with E-state index in [0.29, 0.717) is 12.8 Å². The van der Waals surface area contributed by atoms with Gasteiger partial charge in [0.25, 0.3) is 0 Å². The molecule has 5 nitrogen and oxygen atoms in total. The molecule has 1 spiro atoms. The van der Waals surface area contributed by atoms with Crippen molar-refractivity contribution in [2.75, 3.05) is 11.9 Å². The van der Waals surface area contributed by atoms with Gasteiger partial charge in [0.2, 0.25) is 5.91 Å². The summed E-state index contributed by atoms with van der Waals surface area (Å²) in [7, 11) is 0. The van der Waals surface area contributed by atoms with Crippen molar-refractivity contribution in [3.05, 3.63) is 65.7 Å². The fraction of sp³-hybridized carbons (Fsp3) is 0.500. The Morgan fingerprint density at radius 1 is 1.00 bits per heavy atom. The number of benzene rings is 2. The molecule has 0 radical (unpaired) electrons. The van der Waals surface area contributed by atoms with Gasteiger partial charge in [0.1, 0.15) is 0 Å². The van der Waals surface area contributed by atoms with Gasteiger partial charge in [-0.25, -0.2) is 4.79 Å². The van der Waals surface area contributed by atoms with Crippen LogP contribution in [0.4, 0.5) is 23.7 Å². The Bertz CT molecular complexity index is 1110. The Morgan fingerprint density at radius 3 is 2.53 bits per heavy atom. The predicted molar refractivity (Wildman–Crippen MR) is 131 cm³/mol. The SMILES string of the molecule is O=C(Nc1ccccc1C(F)(F)F)N[C@H]1CC[C@@]23CCCN2C(=O)CCC[C@H]3C1Cc1ccccc1. The number of alkyl halides is 3. The van der Waals surface area contributed by atoms with Gasteiger partial charge in [-0.05, 0) is 74.5 Å². The minimum absolute atomic E-state index is 0.0799. The van der Waals surface area contributed by atoms with Crippen LogP contribution < -0.4 is 10.6 Å². The van der Waals surface area contributed by atoms with E-state index in [9.17, 15) is 22.8 Å². The summed E-state index contributed by atoms with van der Waals surface area (Å²) in [6.45, 7) is 0.792. The van der Waals surface area contributed by atoms with Crippen molar-refractivity contribution < 1.29 is 22.8 Å².